The number of ether oxygens (including phenoxy) is 1. The van der Waals surface area contributed by atoms with E-state index in [0.29, 0.717) is 26.1 Å². The van der Waals surface area contributed by atoms with Gasteiger partial charge in [-0.05, 0) is 36.2 Å². The van der Waals surface area contributed by atoms with Crippen molar-refractivity contribution in [3.63, 3.8) is 0 Å². The molecule has 27 heavy (non-hydrogen) atoms. The van der Waals surface area contributed by atoms with Crippen molar-refractivity contribution in [3.8, 4) is 0 Å². The van der Waals surface area contributed by atoms with Gasteiger partial charge in [0.25, 0.3) is 0 Å². The van der Waals surface area contributed by atoms with Crippen molar-refractivity contribution in [2.24, 2.45) is 0 Å². The first kappa shape index (κ1) is 18.1. The number of fused-ring (bicyclic) bond motifs is 1. The maximum absolute atomic E-state index is 12.6. The summed E-state index contributed by atoms with van der Waals surface area (Å²) in [5.41, 5.74) is 4.16. The first-order chi connectivity index (χ1) is 13.2. The highest BCUT2D eigenvalue weighted by atomic mass is 79.9. The number of nitrogens with one attached hydrogen (secondary N) is 2. The summed E-state index contributed by atoms with van der Waals surface area (Å²) >= 11 is 3.51. The molecule has 1 aliphatic heterocycles. The quantitative estimate of drug-likeness (QED) is 0.636. The highest BCUT2D eigenvalue weighted by molar-refractivity contribution is 9.10. The largest absolute Gasteiger partial charge is 0.378 e. The average molecular weight is 428 g/mol. The van der Waals surface area contributed by atoms with Gasteiger partial charge in [-0.25, -0.2) is 0 Å². The van der Waals surface area contributed by atoms with Gasteiger partial charge in [-0.3, -0.25) is 4.79 Å². The molecule has 5 nitrogen and oxygen atoms in total. The van der Waals surface area contributed by atoms with Gasteiger partial charge in [-0.2, -0.15) is 0 Å². The van der Waals surface area contributed by atoms with Crippen LogP contribution in [-0.4, -0.2) is 37.2 Å². The van der Waals surface area contributed by atoms with Gasteiger partial charge in [-0.1, -0.05) is 34.1 Å². The predicted molar refractivity (Wildman–Crippen MR) is 112 cm³/mol. The number of carbonyl (C=O) groups excluding carboxylic acids is 1. The first-order valence-corrected chi connectivity index (χ1v) is 9.97. The van der Waals surface area contributed by atoms with Crippen LogP contribution in [0.4, 0.5) is 11.4 Å². The van der Waals surface area contributed by atoms with Crippen LogP contribution < -0.4 is 10.2 Å². The number of amides is 1. The number of hydrogen-bond donors (Lipinski definition) is 2. The fourth-order valence-electron chi connectivity index (χ4n) is 3.49. The lowest BCUT2D eigenvalue weighted by atomic mass is 10.1. The third-order valence-corrected chi connectivity index (χ3v) is 5.37. The Labute approximate surface area is 166 Å². The minimum Gasteiger partial charge on any atom is -0.378 e. The molecular weight excluding hydrogens is 406 g/mol. The summed E-state index contributed by atoms with van der Waals surface area (Å²) in [6.45, 7) is 3.09. The molecule has 1 fully saturated rings. The minimum atomic E-state index is 0.0212. The van der Waals surface area contributed by atoms with Crippen molar-refractivity contribution >= 4 is 44.1 Å². The van der Waals surface area contributed by atoms with E-state index in [-0.39, 0.29) is 5.91 Å². The Morgan fingerprint density at radius 2 is 2.00 bits per heavy atom. The molecule has 3 aromatic rings. The van der Waals surface area contributed by atoms with E-state index in [0.717, 1.165) is 34.5 Å². The van der Waals surface area contributed by atoms with Gasteiger partial charge in [0.2, 0.25) is 5.91 Å². The molecular formula is C21H22BrN3O2. The number of para-hydroxylation sites is 1. The van der Waals surface area contributed by atoms with Crippen LogP contribution >= 0.6 is 15.9 Å². The molecule has 0 bridgehead atoms. The van der Waals surface area contributed by atoms with Crippen molar-refractivity contribution in [2.75, 3.05) is 36.5 Å². The van der Waals surface area contributed by atoms with Gasteiger partial charge in [0.15, 0.2) is 0 Å². The zero-order valence-electron chi connectivity index (χ0n) is 15.0. The summed E-state index contributed by atoms with van der Waals surface area (Å²) in [5, 5.41) is 4.28. The van der Waals surface area contributed by atoms with Crippen molar-refractivity contribution in [1.29, 1.82) is 0 Å². The van der Waals surface area contributed by atoms with Gasteiger partial charge in [0, 0.05) is 41.1 Å². The molecule has 2 heterocycles. The van der Waals surface area contributed by atoms with E-state index < -0.39 is 0 Å². The van der Waals surface area contributed by atoms with Gasteiger partial charge < -0.3 is 19.9 Å². The number of anilines is 2. The molecule has 2 N–H and O–H groups in total. The zero-order valence-corrected chi connectivity index (χ0v) is 16.6. The van der Waals surface area contributed by atoms with E-state index in [1.807, 2.05) is 36.5 Å². The Morgan fingerprint density at radius 1 is 1.19 bits per heavy atom. The van der Waals surface area contributed by atoms with E-state index in [2.05, 4.69) is 43.3 Å². The number of morpholine rings is 1. The fourth-order valence-corrected chi connectivity index (χ4v) is 3.85. The standard InChI is InChI=1S/C21H22BrN3O2/c22-16-6-7-20(25-9-11-27-12-10-25)19(13-16)24-21(26)8-5-15-14-23-18-4-2-1-3-17(15)18/h1-4,6-7,13-14,23H,5,8-12H2,(H,24,26). The number of halogens is 1. The average Bonchev–Trinajstić information content (AvgIpc) is 3.10. The number of aryl methyl sites for hydroxylation is 1. The summed E-state index contributed by atoms with van der Waals surface area (Å²) in [5.74, 6) is 0.0212. The van der Waals surface area contributed by atoms with Crippen molar-refractivity contribution in [1.82, 2.24) is 4.98 Å². The van der Waals surface area contributed by atoms with Gasteiger partial charge in [0.1, 0.15) is 0 Å². The van der Waals surface area contributed by atoms with Crippen LogP contribution in [-0.2, 0) is 16.0 Å². The van der Waals surface area contributed by atoms with Crippen molar-refractivity contribution in [2.45, 2.75) is 12.8 Å². The van der Waals surface area contributed by atoms with Crippen LogP contribution in [0.1, 0.15) is 12.0 Å². The Balaban J connectivity index is 1.45. The smallest absolute Gasteiger partial charge is 0.224 e. The van der Waals surface area contributed by atoms with Crippen LogP contribution in [0, 0.1) is 0 Å². The second-order valence-corrected chi connectivity index (χ2v) is 7.58. The maximum atomic E-state index is 12.6. The lowest BCUT2D eigenvalue weighted by Gasteiger charge is -2.30. The SMILES string of the molecule is O=C(CCc1c[nH]c2ccccc12)Nc1cc(Br)ccc1N1CCOCC1. The third kappa shape index (κ3) is 4.17. The number of benzene rings is 2. The second kappa shape index (κ2) is 8.15. The molecule has 6 heteroatoms. The number of H-pyrrole nitrogens is 1. The Hall–Kier alpha value is -2.31. The number of aromatic nitrogens is 1. The molecule has 0 saturated carbocycles. The van der Waals surface area contributed by atoms with Crippen LogP contribution in [0.3, 0.4) is 0 Å². The molecule has 1 saturated heterocycles. The van der Waals surface area contributed by atoms with Crippen LogP contribution in [0.2, 0.25) is 0 Å². The van der Waals surface area contributed by atoms with Crippen LogP contribution in [0.15, 0.2) is 53.1 Å². The van der Waals surface area contributed by atoms with Gasteiger partial charge in [-0.15, -0.1) is 0 Å². The molecule has 0 aliphatic carbocycles. The zero-order chi connectivity index (χ0) is 18.6. The van der Waals surface area contributed by atoms with E-state index in [4.69, 9.17) is 4.74 Å². The Kier molecular flexibility index (Phi) is 5.45. The number of aromatic amines is 1. The molecule has 1 aliphatic rings. The molecule has 0 radical (unpaired) electrons. The van der Waals surface area contributed by atoms with Crippen molar-refractivity contribution in [3.05, 3.63) is 58.7 Å². The minimum absolute atomic E-state index is 0.0212. The number of hydrogen-bond acceptors (Lipinski definition) is 3. The molecule has 4 rings (SSSR count). The number of carbonyl (C=O) groups is 1. The molecule has 0 unspecified atom stereocenters. The van der Waals surface area contributed by atoms with Gasteiger partial charge in [0.05, 0.1) is 24.6 Å². The highest BCUT2D eigenvalue weighted by Crippen LogP contribution is 2.30. The first-order valence-electron chi connectivity index (χ1n) is 9.18. The molecule has 0 atom stereocenters. The fraction of sp³-hybridized carbons (Fsp3) is 0.286. The Bertz CT molecular complexity index is 948. The summed E-state index contributed by atoms with van der Waals surface area (Å²) in [6.07, 6.45) is 3.14. The summed E-state index contributed by atoms with van der Waals surface area (Å²) < 4.78 is 6.39. The van der Waals surface area contributed by atoms with E-state index in [1.165, 1.54) is 10.9 Å². The lowest BCUT2D eigenvalue weighted by molar-refractivity contribution is -0.116. The second-order valence-electron chi connectivity index (χ2n) is 6.67. The summed E-state index contributed by atoms with van der Waals surface area (Å²) in [6, 6.07) is 14.2. The molecule has 0 spiro atoms. The molecule has 2 aromatic carbocycles. The molecule has 140 valence electrons. The van der Waals surface area contributed by atoms with Gasteiger partial charge >= 0.3 is 0 Å². The normalized spacial score (nSPS) is 14.5. The van der Waals surface area contributed by atoms with Crippen molar-refractivity contribution < 1.29 is 9.53 Å². The summed E-state index contributed by atoms with van der Waals surface area (Å²) in [4.78, 5) is 18.1. The molecule has 1 amide bonds. The topological polar surface area (TPSA) is 57.4 Å². The molecule has 1 aromatic heterocycles. The van der Waals surface area contributed by atoms with Crippen LogP contribution in [0.25, 0.3) is 10.9 Å². The lowest BCUT2D eigenvalue weighted by Crippen LogP contribution is -2.36. The maximum Gasteiger partial charge on any atom is 0.224 e. The van der Waals surface area contributed by atoms with E-state index in [1.54, 1.807) is 0 Å². The summed E-state index contributed by atoms with van der Waals surface area (Å²) in [7, 11) is 0. The van der Waals surface area contributed by atoms with E-state index in [9.17, 15) is 4.79 Å². The van der Waals surface area contributed by atoms with Crippen LogP contribution in [0.5, 0.6) is 0 Å². The monoisotopic (exact) mass is 427 g/mol. The number of rotatable bonds is 5. The number of nitrogens with zero attached hydrogens (tertiary/aromatic N) is 1. The Morgan fingerprint density at radius 3 is 2.85 bits per heavy atom. The van der Waals surface area contributed by atoms with E-state index >= 15 is 0 Å². The third-order valence-electron chi connectivity index (χ3n) is 4.88. The highest BCUT2D eigenvalue weighted by Gasteiger charge is 2.16. The predicted octanol–water partition coefficient (Wildman–Crippen LogP) is 4.34.